The molecule has 5 nitrogen and oxygen atoms in total. The molecule has 156 valence electrons. The Morgan fingerprint density at radius 3 is 2.12 bits per heavy atom. The standard InChI is InChI=1S/C20H42O5Si/c1-6-26(7-2,8-3)25-20(16(4)14-18(22)10-11-21)17(5)15-19-23-12-9-13-24-19/h16-22H,6-15H2,1-5H3/t16-,17+,18+,20+/m1/s1. The number of hydrogen-bond acceptors (Lipinski definition) is 5. The van der Waals surface area contributed by atoms with Crippen LogP contribution in [-0.2, 0) is 13.9 Å². The maximum Gasteiger partial charge on any atom is 0.192 e. The van der Waals surface area contributed by atoms with Gasteiger partial charge in [-0.25, -0.2) is 0 Å². The predicted molar refractivity (Wildman–Crippen MR) is 108 cm³/mol. The van der Waals surface area contributed by atoms with E-state index in [0.29, 0.717) is 18.8 Å². The molecule has 0 saturated carbocycles. The largest absolute Gasteiger partial charge is 0.413 e. The molecule has 4 atom stereocenters. The summed E-state index contributed by atoms with van der Waals surface area (Å²) in [6.07, 6.45) is 2.35. The molecule has 0 radical (unpaired) electrons. The summed E-state index contributed by atoms with van der Waals surface area (Å²) in [7, 11) is -1.75. The number of aliphatic hydroxyl groups excluding tert-OH is 2. The highest BCUT2D eigenvalue weighted by Gasteiger charge is 2.37. The molecule has 0 unspecified atom stereocenters. The molecular formula is C20H42O5Si. The first-order valence-corrected chi connectivity index (χ1v) is 13.1. The summed E-state index contributed by atoms with van der Waals surface area (Å²) < 4.78 is 18.4. The summed E-state index contributed by atoms with van der Waals surface area (Å²) in [4.78, 5) is 0. The molecule has 0 aromatic rings. The molecular weight excluding hydrogens is 348 g/mol. The lowest BCUT2D eigenvalue weighted by atomic mass is 9.87. The summed E-state index contributed by atoms with van der Waals surface area (Å²) >= 11 is 0. The fraction of sp³-hybridized carbons (Fsp3) is 1.00. The maximum absolute atomic E-state index is 10.2. The average molecular weight is 391 g/mol. The Hall–Kier alpha value is 0.0169. The SMILES string of the molecule is CC[Si](CC)(CC)O[C@@H]([C@H](C)C[C@@H](O)CCO)[C@@H](C)CC1OCCCO1. The van der Waals surface area contributed by atoms with Crippen LogP contribution >= 0.6 is 0 Å². The lowest BCUT2D eigenvalue weighted by Crippen LogP contribution is -2.46. The summed E-state index contributed by atoms with van der Waals surface area (Å²) in [6.45, 7) is 12.7. The van der Waals surface area contributed by atoms with E-state index in [1.807, 2.05) is 0 Å². The van der Waals surface area contributed by atoms with Gasteiger partial charge in [-0.1, -0.05) is 34.6 Å². The first-order valence-electron chi connectivity index (χ1n) is 10.6. The van der Waals surface area contributed by atoms with Gasteiger partial charge in [0.1, 0.15) is 0 Å². The molecule has 0 spiro atoms. The zero-order valence-electron chi connectivity index (χ0n) is 17.6. The van der Waals surface area contributed by atoms with Gasteiger partial charge in [-0.2, -0.15) is 0 Å². The zero-order chi connectivity index (χ0) is 19.6. The van der Waals surface area contributed by atoms with Gasteiger partial charge in [0.05, 0.1) is 25.4 Å². The maximum atomic E-state index is 10.2. The zero-order valence-corrected chi connectivity index (χ0v) is 18.6. The summed E-state index contributed by atoms with van der Waals surface area (Å²) in [5.41, 5.74) is 0. The van der Waals surface area contributed by atoms with E-state index in [1.54, 1.807) is 0 Å². The minimum atomic E-state index is -1.75. The molecule has 1 aliphatic heterocycles. The van der Waals surface area contributed by atoms with Gasteiger partial charge in [-0.15, -0.1) is 0 Å². The number of rotatable bonds is 13. The minimum Gasteiger partial charge on any atom is -0.413 e. The predicted octanol–water partition coefficient (Wildman–Crippen LogP) is 3.94. The fourth-order valence-corrected chi connectivity index (χ4v) is 7.06. The third-order valence-electron chi connectivity index (χ3n) is 6.01. The normalized spacial score (nSPS) is 21.3. The first kappa shape index (κ1) is 24.1. The summed E-state index contributed by atoms with van der Waals surface area (Å²) in [5.74, 6) is 0.526. The van der Waals surface area contributed by atoms with Crippen molar-refractivity contribution in [3.05, 3.63) is 0 Å². The van der Waals surface area contributed by atoms with E-state index in [9.17, 15) is 5.11 Å². The average Bonchev–Trinajstić information content (AvgIpc) is 2.64. The molecule has 1 heterocycles. The smallest absolute Gasteiger partial charge is 0.192 e. The van der Waals surface area contributed by atoms with E-state index < -0.39 is 14.4 Å². The molecule has 0 aromatic heterocycles. The Balaban J connectivity index is 2.84. The van der Waals surface area contributed by atoms with Gasteiger partial charge in [0.15, 0.2) is 14.6 Å². The molecule has 6 heteroatoms. The van der Waals surface area contributed by atoms with Crippen molar-refractivity contribution >= 4 is 8.32 Å². The van der Waals surface area contributed by atoms with Crippen molar-refractivity contribution < 1.29 is 24.1 Å². The third kappa shape index (κ3) is 7.56. The van der Waals surface area contributed by atoms with Crippen LogP contribution in [0.5, 0.6) is 0 Å². The third-order valence-corrected chi connectivity index (χ3v) is 10.6. The Morgan fingerprint density at radius 1 is 1.04 bits per heavy atom. The van der Waals surface area contributed by atoms with Crippen LogP contribution in [0.4, 0.5) is 0 Å². The molecule has 26 heavy (non-hydrogen) atoms. The Kier molecular flexibility index (Phi) is 11.5. The van der Waals surface area contributed by atoms with Crippen LogP contribution in [0.3, 0.4) is 0 Å². The Morgan fingerprint density at radius 2 is 1.62 bits per heavy atom. The van der Waals surface area contributed by atoms with Crippen molar-refractivity contribution in [1.82, 2.24) is 0 Å². The van der Waals surface area contributed by atoms with Crippen LogP contribution in [-0.4, -0.2) is 56.8 Å². The van der Waals surface area contributed by atoms with Gasteiger partial charge < -0.3 is 24.1 Å². The Labute approximate surface area is 161 Å². The van der Waals surface area contributed by atoms with Gasteiger partial charge in [0.2, 0.25) is 0 Å². The van der Waals surface area contributed by atoms with Crippen LogP contribution in [0.25, 0.3) is 0 Å². The molecule has 1 aliphatic rings. The lowest BCUT2D eigenvalue weighted by molar-refractivity contribution is -0.190. The van der Waals surface area contributed by atoms with E-state index in [4.69, 9.17) is 19.0 Å². The van der Waals surface area contributed by atoms with E-state index in [1.165, 1.54) is 0 Å². The highest BCUT2D eigenvalue weighted by atomic mass is 28.4. The topological polar surface area (TPSA) is 68.2 Å². The van der Waals surface area contributed by atoms with Crippen LogP contribution in [0.15, 0.2) is 0 Å². The first-order chi connectivity index (χ1) is 12.4. The van der Waals surface area contributed by atoms with Gasteiger partial charge in [-0.05, 0) is 49.2 Å². The van der Waals surface area contributed by atoms with Crippen LogP contribution in [0.2, 0.25) is 18.1 Å². The van der Waals surface area contributed by atoms with Crippen LogP contribution < -0.4 is 0 Å². The second-order valence-electron chi connectivity index (χ2n) is 7.94. The highest BCUT2D eigenvalue weighted by molar-refractivity contribution is 6.73. The van der Waals surface area contributed by atoms with Crippen molar-refractivity contribution in [3.8, 4) is 0 Å². The number of aliphatic hydroxyl groups is 2. The molecule has 0 amide bonds. The minimum absolute atomic E-state index is 0.0241. The second-order valence-corrected chi connectivity index (χ2v) is 12.7. The molecule has 0 bridgehead atoms. The highest BCUT2D eigenvalue weighted by Crippen LogP contribution is 2.33. The monoisotopic (exact) mass is 390 g/mol. The van der Waals surface area contributed by atoms with E-state index in [-0.39, 0.29) is 24.9 Å². The lowest BCUT2D eigenvalue weighted by Gasteiger charge is -2.40. The molecule has 0 aromatic carbocycles. The molecule has 1 rings (SSSR count). The number of hydrogen-bond donors (Lipinski definition) is 2. The van der Waals surface area contributed by atoms with Gasteiger partial charge in [0, 0.05) is 13.0 Å². The van der Waals surface area contributed by atoms with E-state index in [2.05, 4.69) is 34.6 Å². The van der Waals surface area contributed by atoms with Gasteiger partial charge in [0.25, 0.3) is 0 Å². The van der Waals surface area contributed by atoms with Crippen molar-refractivity contribution in [1.29, 1.82) is 0 Å². The second kappa shape index (κ2) is 12.5. The fourth-order valence-electron chi connectivity index (χ4n) is 4.02. The molecule has 0 aliphatic carbocycles. The van der Waals surface area contributed by atoms with E-state index >= 15 is 0 Å². The van der Waals surface area contributed by atoms with Crippen molar-refractivity contribution in [3.63, 3.8) is 0 Å². The van der Waals surface area contributed by atoms with E-state index in [0.717, 1.165) is 44.2 Å². The number of ether oxygens (including phenoxy) is 2. The van der Waals surface area contributed by atoms with Gasteiger partial charge >= 0.3 is 0 Å². The molecule has 1 saturated heterocycles. The van der Waals surface area contributed by atoms with Crippen LogP contribution in [0.1, 0.15) is 60.3 Å². The quantitative estimate of drug-likeness (QED) is 0.466. The van der Waals surface area contributed by atoms with Crippen molar-refractivity contribution in [2.45, 2.75) is 96.9 Å². The molecule has 1 fully saturated rings. The van der Waals surface area contributed by atoms with Crippen molar-refractivity contribution in [2.75, 3.05) is 19.8 Å². The van der Waals surface area contributed by atoms with Crippen LogP contribution in [0, 0.1) is 11.8 Å². The summed E-state index contributed by atoms with van der Waals surface area (Å²) in [6, 6.07) is 3.35. The summed E-state index contributed by atoms with van der Waals surface area (Å²) in [5, 5.41) is 19.3. The Bertz CT molecular complexity index is 350. The van der Waals surface area contributed by atoms with Gasteiger partial charge in [-0.3, -0.25) is 0 Å². The van der Waals surface area contributed by atoms with Crippen molar-refractivity contribution in [2.24, 2.45) is 11.8 Å². The molecule has 2 N–H and O–H groups in total.